The number of imidazole rings is 2. The molecule has 5 heterocycles. The fourth-order valence-electron chi connectivity index (χ4n) is 9.21. The van der Waals surface area contributed by atoms with Gasteiger partial charge in [0.05, 0.1) is 55.1 Å². The van der Waals surface area contributed by atoms with Crippen molar-refractivity contribution in [3.8, 4) is 33.6 Å². The molecule has 2 aromatic heterocycles. The first-order chi connectivity index (χ1) is 29.1. The van der Waals surface area contributed by atoms with E-state index in [1.165, 1.54) is 7.11 Å². The summed E-state index contributed by atoms with van der Waals surface area (Å²) in [5.74, 6) is 1.35. The van der Waals surface area contributed by atoms with E-state index in [9.17, 15) is 14.4 Å². The van der Waals surface area contributed by atoms with Crippen LogP contribution >= 0.6 is 0 Å². The number of carbonyl (C=O) groups is 3. The average molecular weight is 813 g/mol. The molecule has 5 aromatic rings. The fourth-order valence-corrected chi connectivity index (χ4v) is 9.21. The van der Waals surface area contributed by atoms with Crippen molar-refractivity contribution in [1.82, 2.24) is 40.0 Å². The quantitative estimate of drug-likeness (QED) is 0.116. The number of benzene rings is 3. The summed E-state index contributed by atoms with van der Waals surface area (Å²) in [4.78, 5) is 62.7. The smallest absolute Gasteiger partial charge is 0.407 e. The highest BCUT2D eigenvalue weighted by Crippen LogP contribution is 2.46. The number of likely N-dealkylation sites (N-methyl/N-ethyl adjacent to an activating group) is 1. The van der Waals surface area contributed by atoms with Gasteiger partial charge in [0, 0.05) is 19.6 Å². The van der Waals surface area contributed by atoms with Crippen LogP contribution in [0, 0.1) is 5.92 Å². The maximum absolute atomic E-state index is 14.5. The molecule has 3 saturated heterocycles. The molecule has 3 amide bonds. The van der Waals surface area contributed by atoms with Gasteiger partial charge >= 0.3 is 6.09 Å². The highest BCUT2D eigenvalue weighted by molar-refractivity contribution is 5.86. The number of hydrogen-bond acceptors (Lipinski definition) is 8. The van der Waals surface area contributed by atoms with Gasteiger partial charge in [0.25, 0.3) is 0 Å². The second kappa shape index (κ2) is 17.4. The molecule has 13 nitrogen and oxygen atoms in total. The summed E-state index contributed by atoms with van der Waals surface area (Å²) in [6.45, 7) is 8.51. The highest BCUT2D eigenvalue weighted by Gasteiger charge is 2.51. The zero-order chi connectivity index (χ0) is 42.0. The minimum absolute atomic E-state index is 0.0720. The number of amides is 3. The van der Waals surface area contributed by atoms with Crippen LogP contribution in [0.25, 0.3) is 33.6 Å². The van der Waals surface area contributed by atoms with E-state index in [2.05, 4.69) is 75.6 Å². The molecule has 0 radical (unpaired) electrons. The van der Waals surface area contributed by atoms with E-state index in [0.29, 0.717) is 19.5 Å². The van der Waals surface area contributed by atoms with E-state index in [4.69, 9.17) is 19.4 Å². The van der Waals surface area contributed by atoms with Gasteiger partial charge in [-0.1, -0.05) is 99.6 Å². The lowest BCUT2D eigenvalue weighted by Gasteiger charge is -2.33. The van der Waals surface area contributed by atoms with Crippen LogP contribution in [0.15, 0.2) is 91.3 Å². The lowest BCUT2D eigenvalue weighted by Crippen LogP contribution is -2.51. The third kappa shape index (κ3) is 8.20. The van der Waals surface area contributed by atoms with E-state index < -0.39 is 18.2 Å². The molecule has 314 valence electrons. The Bertz CT molecular complexity index is 2260. The maximum atomic E-state index is 14.5. The van der Waals surface area contributed by atoms with Gasteiger partial charge in [-0.2, -0.15) is 0 Å². The lowest BCUT2D eigenvalue weighted by atomic mass is 9.96. The van der Waals surface area contributed by atoms with Crippen LogP contribution in [0.2, 0.25) is 0 Å². The van der Waals surface area contributed by atoms with Crippen LogP contribution in [0.5, 0.6) is 0 Å². The molecular formula is C47H56N8O5. The Morgan fingerprint density at radius 3 is 2.00 bits per heavy atom. The summed E-state index contributed by atoms with van der Waals surface area (Å²) < 4.78 is 11.1. The lowest BCUT2D eigenvalue weighted by molar-refractivity contribution is -0.139. The van der Waals surface area contributed by atoms with Gasteiger partial charge in [0.2, 0.25) is 11.8 Å². The molecule has 0 saturated carbocycles. The zero-order valence-corrected chi connectivity index (χ0v) is 35.2. The number of alkyl carbamates (subject to hydrolysis) is 1. The molecule has 3 aromatic carbocycles. The Hall–Kier alpha value is -5.79. The number of hydrogen-bond donors (Lipinski definition) is 3. The molecule has 13 heteroatoms. The predicted molar refractivity (Wildman–Crippen MR) is 229 cm³/mol. The number of likely N-dealkylation sites (tertiary alicyclic amines) is 2. The number of aromatic amines is 2. The Labute approximate surface area is 351 Å². The number of nitrogens with zero attached hydrogens (tertiary/aromatic N) is 5. The number of rotatable bonds is 12. The molecule has 60 heavy (non-hydrogen) atoms. The van der Waals surface area contributed by atoms with Crippen molar-refractivity contribution in [3.63, 3.8) is 0 Å². The van der Waals surface area contributed by atoms with Gasteiger partial charge in [-0.25, -0.2) is 14.8 Å². The number of aromatic nitrogens is 4. The molecule has 3 fully saturated rings. The van der Waals surface area contributed by atoms with Crippen LogP contribution in [0.1, 0.15) is 88.2 Å². The zero-order valence-electron chi connectivity index (χ0n) is 35.2. The third-order valence-electron chi connectivity index (χ3n) is 12.6. The molecule has 0 unspecified atom stereocenters. The van der Waals surface area contributed by atoms with Crippen molar-refractivity contribution >= 4 is 17.9 Å². The number of ether oxygens (including phenoxy) is 2. The second-order valence-corrected chi connectivity index (χ2v) is 16.8. The number of H-pyrrole nitrogens is 2. The second-order valence-electron chi connectivity index (χ2n) is 16.8. The topological polar surface area (TPSA) is 149 Å². The normalized spacial score (nSPS) is 21.2. The summed E-state index contributed by atoms with van der Waals surface area (Å²) in [5, 5.41) is 2.71. The summed E-state index contributed by atoms with van der Waals surface area (Å²) in [6, 6.07) is 25.3. The van der Waals surface area contributed by atoms with Gasteiger partial charge in [0.1, 0.15) is 23.7 Å². The first kappa shape index (κ1) is 41.0. The van der Waals surface area contributed by atoms with Crippen molar-refractivity contribution in [2.75, 3.05) is 40.4 Å². The van der Waals surface area contributed by atoms with Gasteiger partial charge in [0.15, 0.2) is 0 Å². The third-order valence-corrected chi connectivity index (χ3v) is 12.6. The fraction of sp³-hybridized carbons (Fsp3) is 0.426. The van der Waals surface area contributed by atoms with Gasteiger partial charge in [-0.05, 0) is 73.0 Å². The van der Waals surface area contributed by atoms with E-state index in [1.807, 2.05) is 73.4 Å². The minimum atomic E-state index is -0.683. The van der Waals surface area contributed by atoms with Crippen LogP contribution in [-0.4, -0.2) is 105 Å². The van der Waals surface area contributed by atoms with Crippen molar-refractivity contribution in [2.24, 2.45) is 5.92 Å². The van der Waals surface area contributed by atoms with E-state index in [1.54, 1.807) is 0 Å². The van der Waals surface area contributed by atoms with Crippen molar-refractivity contribution in [2.45, 2.75) is 82.6 Å². The number of methoxy groups -OCH3 is 1. The van der Waals surface area contributed by atoms with Crippen molar-refractivity contribution in [1.29, 1.82) is 0 Å². The largest absolute Gasteiger partial charge is 0.453 e. The molecule has 3 aliphatic rings. The van der Waals surface area contributed by atoms with Gasteiger partial charge < -0.3 is 34.6 Å². The molecule has 3 N–H and O–H groups in total. The monoisotopic (exact) mass is 812 g/mol. The summed E-state index contributed by atoms with van der Waals surface area (Å²) >= 11 is 0. The van der Waals surface area contributed by atoms with Crippen LogP contribution in [0.4, 0.5) is 4.79 Å². The summed E-state index contributed by atoms with van der Waals surface area (Å²) in [6.07, 6.45) is 7.36. The van der Waals surface area contributed by atoms with E-state index in [0.717, 1.165) is 89.7 Å². The summed E-state index contributed by atoms with van der Waals surface area (Å²) in [5.41, 5.74) is 6.56. The van der Waals surface area contributed by atoms with Gasteiger partial charge in [-0.3, -0.25) is 14.5 Å². The Balaban J connectivity index is 0.957. The molecule has 0 aliphatic carbocycles. The molecule has 0 bridgehead atoms. The molecule has 1 spiro atoms. The number of nitrogens with one attached hydrogen (secondary N) is 3. The molecule has 5 atom stereocenters. The summed E-state index contributed by atoms with van der Waals surface area (Å²) in [7, 11) is 3.31. The Kier molecular flexibility index (Phi) is 11.9. The van der Waals surface area contributed by atoms with E-state index in [-0.39, 0.29) is 35.4 Å². The first-order valence-electron chi connectivity index (χ1n) is 21.2. The standard InChI is InChI=1S/C47H56N8O5/c1-6-53(4)41(35-12-8-7-9-13-35)45(57)55-29-47(23-11-25-60-47)26-39(55)43-49-28-37(51-43)34-21-17-32(18-22-34)31-15-19-33(20-16-31)36-27-48-42(50-36)38-14-10-24-54(38)44(56)40(30(2)3)52-46(58)59-5/h7-9,12-13,15-22,27-28,30,38-41H,6,10-11,14,23-26,29H2,1-5H3,(H,48,50)(H,49,51)(H,52,58)/t38-,39-,40-,41-,47-/m0/s1. The average Bonchev–Trinajstić information content (AvgIpc) is 4.14. The van der Waals surface area contributed by atoms with Crippen molar-refractivity contribution in [3.05, 3.63) is 108 Å². The Morgan fingerprint density at radius 1 is 0.850 bits per heavy atom. The van der Waals surface area contributed by atoms with Gasteiger partial charge in [-0.15, -0.1) is 0 Å². The number of carbonyl (C=O) groups excluding carboxylic acids is 3. The Morgan fingerprint density at radius 2 is 1.45 bits per heavy atom. The van der Waals surface area contributed by atoms with Crippen LogP contribution in [0.3, 0.4) is 0 Å². The molecular weight excluding hydrogens is 757 g/mol. The van der Waals surface area contributed by atoms with E-state index >= 15 is 0 Å². The van der Waals surface area contributed by atoms with Crippen LogP contribution in [-0.2, 0) is 19.1 Å². The molecule has 8 rings (SSSR count). The van der Waals surface area contributed by atoms with Crippen LogP contribution < -0.4 is 5.32 Å². The SMILES string of the molecule is CCN(C)[C@H](C(=O)N1C[C@]2(CCCO2)C[C@H]1c1ncc(-c2ccc(-c3ccc(-c4cnc([C@@H]5CCCN5C(=O)[C@@H](NC(=O)OC)C(C)C)[nH]4)cc3)cc2)[nH]1)c1ccccc1. The minimum Gasteiger partial charge on any atom is -0.453 e. The molecule has 3 aliphatic heterocycles. The predicted octanol–water partition coefficient (Wildman–Crippen LogP) is 7.69. The maximum Gasteiger partial charge on any atom is 0.407 e. The first-order valence-corrected chi connectivity index (χ1v) is 21.2. The highest BCUT2D eigenvalue weighted by atomic mass is 16.5. The van der Waals surface area contributed by atoms with Crippen molar-refractivity contribution < 1.29 is 23.9 Å².